The number of hydrogen-bond donors (Lipinski definition) is 0. The van der Waals surface area contributed by atoms with E-state index < -0.39 is 0 Å². The maximum absolute atomic E-state index is 4.88. The second kappa shape index (κ2) is 8.05. The lowest BCUT2D eigenvalue weighted by Crippen LogP contribution is -2.20. The Morgan fingerprint density at radius 1 is 0.964 bits per heavy atom. The predicted molar refractivity (Wildman–Crippen MR) is 117 cm³/mol. The minimum absolute atomic E-state index is 0. The highest BCUT2D eigenvalue weighted by atomic mass is 35.5. The lowest BCUT2D eigenvalue weighted by atomic mass is 10.2. The van der Waals surface area contributed by atoms with E-state index in [1.807, 2.05) is 48.9 Å². The van der Waals surface area contributed by atoms with Gasteiger partial charge in [-0.25, -0.2) is 4.98 Å². The second-order valence-electron chi connectivity index (χ2n) is 6.56. The number of fused-ring (bicyclic) bond motifs is 1. The lowest BCUT2D eigenvalue weighted by molar-refractivity contribution is 0.923. The molecule has 3 aromatic heterocycles. The number of thiophene rings is 1. The van der Waals surface area contributed by atoms with Gasteiger partial charge in [0.25, 0.3) is 0 Å². The van der Waals surface area contributed by atoms with E-state index in [9.17, 15) is 0 Å². The third-order valence-corrected chi connectivity index (χ3v) is 5.76. The van der Waals surface area contributed by atoms with Gasteiger partial charge in [-0.15, -0.1) is 23.7 Å². The van der Waals surface area contributed by atoms with E-state index in [0.29, 0.717) is 0 Å². The molecule has 140 valence electrons. The summed E-state index contributed by atoms with van der Waals surface area (Å²) in [4.78, 5) is 13.8. The molecular formula is C22H19ClN4S. The summed E-state index contributed by atoms with van der Waals surface area (Å²) in [6.45, 7) is 2.16. The van der Waals surface area contributed by atoms with Gasteiger partial charge in [0.05, 0.1) is 16.0 Å². The molecule has 1 aliphatic heterocycles. The van der Waals surface area contributed by atoms with Crippen molar-refractivity contribution in [2.75, 3.05) is 18.0 Å². The zero-order valence-electron chi connectivity index (χ0n) is 15.2. The van der Waals surface area contributed by atoms with Crippen LogP contribution in [-0.4, -0.2) is 27.5 Å². The Bertz CT molecular complexity index is 1150. The van der Waals surface area contributed by atoms with Gasteiger partial charge in [0, 0.05) is 31.0 Å². The van der Waals surface area contributed by atoms with E-state index in [0.717, 1.165) is 39.7 Å². The first-order valence-electron chi connectivity index (χ1n) is 9.13. The van der Waals surface area contributed by atoms with Crippen LogP contribution in [-0.2, 0) is 0 Å². The fourth-order valence-corrected chi connectivity index (χ4v) is 4.32. The fraction of sp³-hybridized carbons (Fsp3) is 0.182. The standard InChI is InChI=1S/C22H18N4S.ClH/c1-2-6-17(7-3-1)8-9-18-10-11-19(27-18)21-22(25-13-4-5-14-25)26-15-12-23-16-20(26)24-21;/h1-3,6-7,10-12,15-16H,4-5,13-14H2;1H. The highest BCUT2D eigenvalue weighted by Crippen LogP contribution is 2.36. The number of hydrogen-bond acceptors (Lipinski definition) is 4. The molecule has 0 saturated carbocycles. The van der Waals surface area contributed by atoms with Crippen LogP contribution in [0, 0.1) is 11.8 Å². The Balaban J connectivity index is 0.00000192. The highest BCUT2D eigenvalue weighted by Gasteiger charge is 2.23. The van der Waals surface area contributed by atoms with E-state index in [2.05, 4.69) is 38.3 Å². The van der Waals surface area contributed by atoms with E-state index in [1.165, 1.54) is 18.7 Å². The molecule has 0 amide bonds. The molecule has 0 atom stereocenters. The summed E-state index contributed by atoms with van der Waals surface area (Å²) < 4.78 is 2.16. The number of imidazole rings is 1. The number of benzene rings is 1. The molecule has 1 aliphatic rings. The Hall–Kier alpha value is -2.81. The average molecular weight is 407 g/mol. The van der Waals surface area contributed by atoms with Crippen molar-refractivity contribution in [3.05, 3.63) is 71.5 Å². The predicted octanol–water partition coefficient (Wildman–Crippen LogP) is 4.88. The number of halogens is 1. The minimum Gasteiger partial charge on any atom is -0.356 e. The van der Waals surface area contributed by atoms with Crippen LogP contribution in [0.25, 0.3) is 16.2 Å². The molecule has 0 aliphatic carbocycles. The topological polar surface area (TPSA) is 33.4 Å². The van der Waals surface area contributed by atoms with Gasteiger partial charge in [0.15, 0.2) is 5.65 Å². The first-order valence-corrected chi connectivity index (χ1v) is 9.94. The summed E-state index contributed by atoms with van der Waals surface area (Å²) >= 11 is 1.70. The number of nitrogens with zero attached hydrogens (tertiary/aromatic N) is 4. The highest BCUT2D eigenvalue weighted by molar-refractivity contribution is 7.16. The maximum Gasteiger partial charge on any atom is 0.157 e. The first-order chi connectivity index (χ1) is 13.4. The van der Waals surface area contributed by atoms with Gasteiger partial charge in [-0.1, -0.05) is 30.0 Å². The van der Waals surface area contributed by atoms with E-state index in [4.69, 9.17) is 4.98 Å². The molecule has 0 spiro atoms. The normalized spacial score (nSPS) is 13.2. The van der Waals surface area contributed by atoms with Crippen molar-refractivity contribution in [3.8, 4) is 22.4 Å². The monoisotopic (exact) mass is 406 g/mol. The Labute approximate surface area is 174 Å². The molecule has 4 heterocycles. The molecule has 0 bridgehead atoms. The Kier molecular flexibility index (Phi) is 5.34. The van der Waals surface area contributed by atoms with Crippen molar-refractivity contribution < 1.29 is 0 Å². The van der Waals surface area contributed by atoms with Crippen molar-refractivity contribution in [3.63, 3.8) is 0 Å². The zero-order chi connectivity index (χ0) is 18.1. The second-order valence-corrected chi connectivity index (χ2v) is 7.65. The first kappa shape index (κ1) is 18.5. The maximum atomic E-state index is 4.88. The number of rotatable bonds is 2. The quantitative estimate of drug-likeness (QED) is 0.445. The van der Waals surface area contributed by atoms with Crippen molar-refractivity contribution >= 4 is 35.2 Å². The molecule has 6 heteroatoms. The number of aromatic nitrogens is 3. The summed E-state index contributed by atoms with van der Waals surface area (Å²) in [5.74, 6) is 7.69. The largest absolute Gasteiger partial charge is 0.356 e. The third-order valence-electron chi connectivity index (χ3n) is 4.75. The molecule has 28 heavy (non-hydrogen) atoms. The average Bonchev–Trinajstić information content (AvgIpc) is 3.45. The summed E-state index contributed by atoms with van der Waals surface area (Å²) in [6, 6.07) is 14.3. The van der Waals surface area contributed by atoms with E-state index in [1.54, 1.807) is 11.3 Å². The smallest absolute Gasteiger partial charge is 0.157 e. The molecule has 4 aromatic rings. The summed E-state index contributed by atoms with van der Waals surface area (Å²) in [7, 11) is 0. The number of anilines is 1. The van der Waals surface area contributed by atoms with Crippen LogP contribution in [0.2, 0.25) is 0 Å². The van der Waals surface area contributed by atoms with Crippen LogP contribution in [0.1, 0.15) is 23.3 Å². The van der Waals surface area contributed by atoms with Crippen molar-refractivity contribution in [1.82, 2.24) is 14.4 Å². The molecule has 0 N–H and O–H groups in total. The lowest BCUT2D eigenvalue weighted by Gasteiger charge is -2.18. The van der Waals surface area contributed by atoms with Crippen LogP contribution >= 0.6 is 23.7 Å². The Morgan fingerprint density at radius 3 is 2.61 bits per heavy atom. The fourth-order valence-electron chi connectivity index (χ4n) is 3.48. The molecular weight excluding hydrogens is 388 g/mol. The van der Waals surface area contributed by atoms with Crippen molar-refractivity contribution in [2.24, 2.45) is 0 Å². The molecule has 5 rings (SSSR count). The SMILES string of the molecule is C(#Cc1ccc(-c2nc3cnccn3c2N2CCCC2)s1)c1ccccc1.Cl. The van der Waals surface area contributed by atoms with Gasteiger partial charge in [0.2, 0.25) is 0 Å². The van der Waals surface area contributed by atoms with Crippen molar-refractivity contribution in [1.29, 1.82) is 0 Å². The van der Waals surface area contributed by atoms with E-state index >= 15 is 0 Å². The summed E-state index contributed by atoms with van der Waals surface area (Å²) in [5.41, 5.74) is 2.95. The van der Waals surface area contributed by atoms with Crippen molar-refractivity contribution in [2.45, 2.75) is 12.8 Å². The molecule has 0 radical (unpaired) electrons. The van der Waals surface area contributed by atoms with Crippen LogP contribution < -0.4 is 4.90 Å². The van der Waals surface area contributed by atoms with Crippen LogP contribution in [0.4, 0.5) is 5.82 Å². The molecule has 1 aromatic carbocycles. The molecule has 1 fully saturated rings. The van der Waals surface area contributed by atoms with Gasteiger partial charge < -0.3 is 4.90 Å². The minimum atomic E-state index is 0. The molecule has 0 unspecified atom stereocenters. The molecule has 1 saturated heterocycles. The van der Waals surface area contributed by atoms with Crippen LogP contribution in [0.5, 0.6) is 0 Å². The summed E-state index contributed by atoms with van der Waals surface area (Å²) in [6.07, 6.45) is 8.12. The molecule has 4 nitrogen and oxygen atoms in total. The van der Waals surface area contributed by atoms with Gasteiger partial charge in [0.1, 0.15) is 11.5 Å². The Morgan fingerprint density at radius 2 is 1.79 bits per heavy atom. The zero-order valence-corrected chi connectivity index (χ0v) is 16.8. The summed E-state index contributed by atoms with van der Waals surface area (Å²) in [5, 5.41) is 0. The van der Waals surface area contributed by atoms with Gasteiger partial charge in [-0.3, -0.25) is 9.38 Å². The van der Waals surface area contributed by atoms with E-state index in [-0.39, 0.29) is 12.4 Å². The van der Waals surface area contributed by atoms with Crippen LogP contribution in [0.15, 0.2) is 61.1 Å². The van der Waals surface area contributed by atoms with Gasteiger partial charge in [-0.2, -0.15) is 0 Å². The van der Waals surface area contributed by atoms with Crippen LogP contribution in [0.3, 0.4) is 0 Å². The van der Waals surface area contributed by atoms with Gasteiger partial charge >= 0.3 is 0 Å². The van der Waals surface area contributed by atoms with Gasteiger partial charge in [-0.05, 0) is 37.1 Å². The third kappa shape index (κ3) is 3.49.